The van der Waals surface area contributed by atoms with Crippen molar-refractivity contribution in [3.63, 3.8) is 0 Å². The molecule has 27 heavy (non-hydrogen) atoms. The smallest absolute Gasteiger partial charge is 0.205 e. The molecule has 0 bridgehead atoms. The summed E-state index contributed by atoms with van der Waals surface area (Å²) >= 11 is 0. The largest absolute Gasteiger partial charge is 0.372 e. The number of rotatable bonds is 5. The summed E-state index contributed by atoms with van der Waals surface area (Å²) in [7, 11) is 0. The molecule has 1 aliphatic rings. The zero-order chi connectivity index (χ0) is 19.8. The molecule has 0 aliphatic carbocycles. The highest BCUT2D eigenvalue weighted by molar-refractivity contribution is 6.50. The fraction of sp³-hybridized carbons (Fsp3) is 0.524. The molecule has 0 unspecified atom stereocenters. The normalized spacial score (nSPS) is 15.2. The van der Waals surface area contributed by atoms with Crippen LogP contribution in [-0.4, -0.2) is 39.4 Å². The van der Waals surface area contributed by atoms with E-state index < -0.39 is 0 Å². The summed E-state index contributed by atoms with van der Waals surface area (Å²) in [6, 6.07) is 6.44. The monoisotopic (exact) mass is 366 g/mol. The second-order valence-electron chi connectivity index (χ2n) is 7.91. The van der Waals surface area contributed by atoms with Crippen LogP contribution in [-0.2, 0) is 6.42 Å². The van der Waals surface area contributed by atoms with Gasteiger partial charge in [0.15, 0.2) is 5.82 Å². The fourth-order valence-electron chi connectivity index (χ4n) is 3.32. The number of benzene rings is 1. The van der Waals surface area contributed by atoms with Crippen molar-refractivity contribution < 1.29 is 0 Å². The summed E-state index contributed by atoms with van der Waals surface area (Å²) in [5.74, 6) is 1.61. The molecule has 0 N–H and O–H groups in total. The minimum absolute atomic E-state index is 0.125. The second kappa shape index (κ2) is 7.25. The summed E-state index contributed by atoms with van der Waals surface area (Å²) in [6.07, 6.45) is 0.790. The summed E-state index contributed by atoms with van der Waals surface area (Å²) in [4.78, 5) is 7.33. The Bertz CT molecular complexity index is 894. The van der Waals surface area contributed by atoms with Crippen molar-refractivity contribution in [2.75, 3.05) is 18.0 Å². The second-order valence-corrected chi connectivity index (χ2v) is 7.91. The van der Waals surface area contributed by atoms with Gasteiger partial charge < -0.3 is 4.90 Å². The van der Waals surface area contributed by atoms with Gasteiger partial charge in [0.2, 0.25) is 5.82 Å². The van der Waals surface area contributed by atoms with E-state index in [4.69, 9.17) is 10.1 Å². The first-order valence-corrected chi connectivity index (χ1v) is 9.78. The van der Waals surface area contributed by atoms with Crippen molar-refractivity contribution in [1.29, 1.82) is 0 Å². The SMILES string of the molecule is CCc1nnc2n1N=C(C(C)(C)C)/C2=N/c1ccc(N(CC)CC)cc1C. The number of anilines is 1. The van der Waals surface area contributed by atoms with Gasteiger partial charge >= 0.3 is 0 Å². The molecule has 1 aromatic heterocycles. The molecule has 0 saturated heterocycles. The van der Waals surface area contributed by atoms with Gasteiger partial charge in [-0.25, -0.2) is 4.99 Å². The van der Waals surface area contributed by atoms with Gasteiger partial charge in [0.25, 0.3) is 0 Å². The van der Waals surface area contributed by atoms with Gasteiger partial charge in [-0.05, 0) is 44.5 Å². The third kappa shape index (κ3) is 3.53. The summed E-state index contributed by atoms with van der Waals surface area (Å²) in [6.45, 7) is 17.0. The predicted octanol–water partition coefficient (Wildman–Crippen LogP) is 4.38. The minimum Gasteiger partial charge on any atom is -0.372 e. The van der Waals surface area contributed by atoms with E-state index >= 15 is 0 Å². The average molecular weight is 367 g/mol. The Morgan fingerprint density at radius 2 is 1.78 bits per heavy atom. The maximum atomic E-state index is 4.99. The molecule has 0 atom stereocenters. The molecule has 6 nitrogen and oxygen atoms in total. The highest BCUT2D eigenvalue weighted by Crippen LogP contribution is 2.30. The Morgan fingerprint density at radius 3 is 2.33 bits per heavy atom. The highest BCUT2D eigenvalue weighted by Gasteiger charge is 2.34. The minimum atomic E-state index is -0.125. The van der Waals surface area contributed by atoms with Crippen molar-refractivity contribution in [2.45, 2.75) is 54.9 Å². The van der Waals surface area contributed by atoms with Crippen LogP contribution in [0, 0.1) is 12.3 Å². The van der Waals surface area contributed by atoms with Crippen LogP contribution < -0.4 is 4.90 Å². The van der Waals surface area contributed by atoms with E-state index in [0.717, 1.165) is 53.8 Å². The lowest BCUT2D eigenvalue weighted by molar-refractivity contribution is 0.592. The molecule has 0 spiro atoms. The van der Waals surface area contributed by atoms with Gasteiger partial charge in [-0.15, -0.1) is 10.2 Å². The van der Waals surface area contributed by atoms with Crippen molar-refractivity contribution in [2.24, 2.45) is 15.5 Å². The Balaban J connectivity index is 2.08. The third-order valence-electron chi connectivity index (χ3n) is 4.91. The van der Waals surface area contributed by atoms with E-state index in [-0.39, 0.29) is 5.41 Å². The van der Waals surface area contributed by atoms with Crippen molar-refractivity contribution >= 4 is 22.8 Å². The van der Waals surface area contributed by atoms with Crippen molar-refractivity contribution in [3.8, 4) is 0 Å². The molecular weight excluding hydrogens is 336 g/mol. The van der Waals surface area contributed by atoms with Crippen LogP contribution in [0.3, 0.4) is 0 Å². The van der Waals surface area contributed by atoms with Gasteiger partial charge in [-0.1, -0.05) is 27.7 Å². The Kier molecular flexibility index (Phi) is 5.18. The summed E-state index contributed by atoms with van der Waals surface area (Å²) in [5.41, 5.74) is 4.98. The topological polar surface area (TPSA) is 58.7 Å². The molecule has 6 heteroatoms. The maximum absolute atomic E-state index is 4.99. The molecule has 2 aromatic rings. The van der Waals surface area contributed by atoms with E-state index in [1.165, 1.54) is 5.69 Å². The number of hydrogen-bond acceptors (Lipinski definition) is 5. The van der Waals surface area contributed by atoms with Crippen molar-refractivity contribution in [3.05, 3.63) is 35.4 Å². The molecule has 1 aliphatic heterocycles. The molecule has 3 rings (SSSR count). The number of aromatic nitrogens is 3. The van der Waals surface area contributed by atoms with E-state index in [9.17, 15) is 0 Å². The Morgan fingerprint density at radius 1 is 1.07 bits per heavy atom. The number of fused-ring (bicyclic) bond motifs is 1. The average Bonchev–Trinajstić information content (AvgIpc) is 3.17. The first-order chi connectivity index (χ1) is 12.8. The molecule has 0 saturated carbocycles. The number of hydrogen-bond donors (Lipinski definition) is 0. The van der Waals surface area contributed by atoms with Crippen LogP contribution in [0.4, 0.5) is 11.4 Å². The first-order valence-electron chi connectivity index (χ1n) is 9.78. The van der Waals surface area contributed by atoms with Crippen LogP contribution in [0.1, 0.15) is 58.8 Å². The van der Waals surface area contributed by atoms with E-state index in [1.54, 1.807) is 0 Å². The quantitative estimate of drug-likeness (QED) is 0.789. The van der Waals surface area contributed by atoms with Crippen LogP contribution in [0.25, 0.3) is 0 Å². The Labute approximate surface area is 162 Å². The lowest BCUT2D eigenvalue weighted by atomic mass is 9.87. The first kappa shape index (κ1) is 19.3. The van der Waals surface area contributed by atoms with Crippen LogP contribution in [0.5, 0.6) is 0 Å². The summed E-state index contributed by atoms with van der Waals surface area (Å²) < 4.78 is 1.85. The van der Waals surface area contributed by atoms with E-state index in [2.05, 4.69) is 81.8 Å². The molecule has 144 valence electrons. The fourth-order valence-corrected chi connectivity index (χ4v) is 3.32. The number of aliphatic imine (C=N–C) groups is 1. The molecule has 2 heterocycles. The number of nitrogens with zero attached hydrogens (tertiary/aromatic N) is 6. The highest BCUT2D eigenvalue weighted by atomic mass is 15.5. The van der Waals surface area contributed by atoms with Gasteiger partial charge in [0.05, 0.1) is 11.4 Å². The lowest BCUT2D eigenvalue weighted by Crippen LogP contribution is -2.27. The standard InChI is InChI=1S/C21H30N6/c1-8-17-23-24-20-18(19(21(5,6)7)25-27(17)20)22-16-12-11-15(13-14(16)4)26(9-2)10-3/h11-13H,8-10H2,1-7H3/b22-18-. The van der Waals surface area contributed by atoms with Gasteiger partial charge in [0, 0.05) is 30.6 Å². The van der Waals surface area contributed by atoms with Gasteiger partial charge in [-0.3, -0.25) is 0 Å². The van der Waals surface area contributed by atoms with E-state index in [1.807, 2.05) is 4.68 Å². The van der Waals surface area contributed by atoms with Crippen molar-refractivity contribution in [1.82, 2.24) is 14.9 Å². The molecular formula is C21H30N6. The van der Waals surface area contributed by atoms with E-state index in [0.29, 0.717) is 0 Å². The zero-order valence-corrected chi connectivity index (χ0v) is 17.5. The molecule has 0 amide bonds. The molecule has 0 fully saturated rings. The van der Waals surface area contributed by atoms with Crippen LogP contribution in [0.15, 0.2) is 28.3 Å². The van der Waals surface area contributed by atoms with Crippen LogP contribution in [0.2, 0.25) is 0 Å². The van der Waals surface area contributed by atoms with Gasteiger partial charge in [-0.2, -0.15) is 9.78 Å². The lowest BCUT2D eigenvalue weighted by Gasteiger charge is -2.22. The number of aryl methyl sites for hydroxylation is 2. The van der Waals surface area contributed by atoms with Crippen LogP contribution >= 0.6 is 0 Å². The predicted molar refractivity (Wildman–Crippen MR) is 113 cm³/mol. The van der Waals surface area contributed by atoms with Gasteiger partial charge in [0.1, 0.15) is 5.71 Å². The summed E-state index contributed by atoms with van der Waals surface area (Å²) in [5, 5.41) is 13.4. The molecule has 1 aromatic carbocycles. The Hall–Kier alpha value is -2.50. The maximum Gasteiger partial charge on any atom is 0.205 e. The molecule has 0 radical (unpaired) electrons. The zero-order valence-electron chi connectivity index (χ0n) is 17.5. The third-order valence-corrected chi connectivity index (χ3v) is 4.91.